The predicted octanol–water partition coefficient (Wildman–Crippen LogP) is 1.43. The Morgan fingerprint density at radius 2 is 2.21 bits per heavy atom. The number of hydrogen-bond acceptors (Lipinski definition) is 5. The van der Waals surface area contributed by atoms with Crippen LogP contribution in [-0.2, 0) is 4.74 Å². The first-order valence-electron chi connectivity index (χ1n) is 6.52. The van der Waals surface area contributed by atoms with Crippen molar-refractivity contribution in [1.29, 1.82) is 5.41 Å². The summed E-state index contributed by atoms with van der Waals surface area (Å²) in [6.45, 7) is 6.89. The van der Waals surface area contributed by atoms with Gasteiger partial charge in [0.25, 0.3) is 0 Å². The maximum Gasteiger partial charge on any atom is 0.410 e. The normalized spacial score (nSPS) is 20.9. The minimum Gasteiger partial charge on any atom is -0.444 e. The Hall–Kier alpha value is -1.72. The van der Waals surface area contributed by atoms with Crippen molar-refractivity contribution in [2.75, 3.05) is 13.1 Å². The van der Waals surface area contributed by atoms with Crippen LogP contribution in [0.25, 0.3) is 0 Å². The van der Waals surface area contributed by atoms with Crippen LogP contribution in [-0.4, -0.2) is 41.9 Å². The Labute approximate surface area is 114 Å². The minimum atomic E-state index is -0.470. The van der Waals surface area contributed by atoms with Gasteiger partial charge in [-0.1, -0.05) is 0 Å². The highest BCUT2D eigenvalue weighted by Gasteiger charge is 2.27. The van der Waals surface area contributed by atoms with Gasteiger partial charge in [-0.3, -0.25) is 0 Å². The highest BCUT2D eigenvalue weighted by Crippen LogP contribution is 2.15. The fourth-order valence-corrected chi connectivity index (χ4v) is 1.86. The molecule has 0 saturated carbocycles. The number of ether oxygens (including phenoxy) is 1. The Bertz CT molecular complexity index is 360. The Morgan fingerprint density at radius 1 is 1.53 bits per heavy atom. The number of carbonyl (C=O) groups is 1. The van der Waals surface area contributed by atoms with Gasteiger partial charge < -0.3 is 26.1 Å². The van der Waals surface area contributed by atoms with Crippen LogP contribution >= 0.6 is 0 Å². The lowest BCUT2D eigenvalue weighted by Gasteiger charge is -2.34. The predicted molar refractivity (Wildman–Crippen MR) is 75.0 cm³/mol. The van der Waals surface area contributed by atoms with E-state index >= 15 is 0 Å². The van der Waals surface area contributed by atoms with Crippen molar-refractivity contribution in [3.63, 3.8) is 0 Å². The molecule has 19 heavy (non-hydrogen) atoms. The topological polar surface area (TPSA) is 91.4 Å². The molecule has 1 heterocycles. The summed E-state index contributed by atoms with van der Waals surface area (Å²) in [7, 11) is 0. The SMILES string of the molecule is CC(C)(C)OC(=O)N1CCCC(N/C=C(/N)C=N)C1. The number of allylic oxidation sites excluding steroid dienone is 1. The lowest BCUT2D eigenvalue weighted by molar-refractivity contribution is 0.0192. The largest absolute Gasteiger partial charge is 0.444 e. The van der Waals surface area contributed by atoms with E-state index in [1.807, 2.05) is 20.8 Å². The molecule has 0 aromatic rings. The molecule has 1 aliphatic heterocycles. The molecule has 0 aromatic heterocycles. The summed E-state index contributed by atoms with van der Waals surface area (Å²) in [5.74, 6) is 0. The smallest absolute Gasteiger partial charge is 0.410 e. The van der Waals surface area contributed by atoms with Crippen molar-refractivity contribution >= 4 is 12.3 Å². The number of likely N-dealkylation sites (tertiary alicyclic amines) is 1. The van der Waals surface area contributed by atoms with Gasteiger partial charge in [0.1, 0.15) is 5.60 Å². The Morgan fingerprint density at radius 3 is 2.79 bits per heavy atom. The van der Waals surface area contributed by atoms with E-state index in [2.05, 4.69) is 5.32 Å². The zero-order valence-corrected chi connectivity index (χ0v) is 11.9. The molecule has 0 radical (unpaired) electrons. The van der Waals surface area contributed by atoms with E-state index in [0.717, 1.165) is 25.6 Å². The fraction of sp³-hybridized carbons (Fsp3) is 0.692. The van der Waals surface area contributed by atoms with Crippen LogP contribution in [0.5, 0.6) is 0 Å². The molecule has 1 aliphatic rings. The third-order valence-corrected chi connectivity index (χ3v) is 2.73. The molecule has 0 spiro atoms. The number of hydrogen-bond donors (Lipinski definition) is 3. The molecule has 1 amide bonds. The van der Waals surface area contributed by atoms with Crippen LogP contribution in [0.1, 0.15) is 33.6 Å². The monoisotopic (exact) mass is 268 g/mol. The van der Waals surface area contributed by atoms with Gasteiger partial charge in [-0.05, 0) is 33.6 Å². The van der Waals surface area contributed by atoms with Crippen molar-refractivity contribution in [2.45, 2.75) is 45.3 Å². The number of nitrogens with zero attached hydrogens (tertiary/aromatic N) is 1. The molecule has 0 aliphatic carbocycles. The molecular weight excluding hydrogens is 244 g/mol. The van der Waals surface area contributed by atoms with Crippen LogP contribution in [0, 0.1) is 5.41 Å². The maximum atomic E-state index is 12.0. The fourth-order valence-electron chi connectivity index (χ4n) is 1.86. The number of amides is 1. The molecule has 4 N–H and O–H groups in total. The highest BCUT2D eigenvalue weighted by molar-refractivity contribution is 5.73. The molecule has 0 aromatic carbocycles. The Kier molecular flexibility index (Phi) is 5.20. The third-order valence-electron chi connectivity index (χ3n) is 2.73. The van der Waals surface area contributed by atoms with Crippen LogP contribution in [0.4, 0.5) is 4.79 Å². The zero-order valence-electron chi connectivity index (χ0n) is 11.9. The van der Waals surface area contributed by atoms with Crippen molar-refractivity contribution in [3.05, 3.63) is 11.9 Å². The lowest BCUT2D eigenvalue weighted by atomic mass is 10.1. The van der Waals surface area contributed by atoms with Crippen LogP contribution in [0.2, 0.25) is 0 Å². The standard InChI is InChI=1S/C13H24N4O2/c1-13(2,3)19-12(18)17-6-4-5-11(9-17)16-8-10(15)7-14/h7-8,11,14,16H,4-6,9,15H2,1-3H3/b10-8+,14-7?. The van der Waals surface area contributed by atoms with Gasteiger partial charge in [0.2, 0.25) is 0 Å². The molecule has 0 bridgehead atoms. The molecule has 1 unspecified atom stereocenters. The van der Waals surface area contributed by atoms with E-state index in [-0.39, 0.29) is 12.1 Å². The average molecular weight is 268 g/mol. The van der Waals surface area contributed by atoms with Gasteiger partial charge in [0, 0.05) is 31.5 Å². The van der Waals surface area contributed by atoms with Crippen LogP contribution in [0.3, 0.4) is 0 Å². The van der Waals surface area contributed by atoms with E-state index in [1.165, 1.54) is 0 Å². The summed E-state index contributed by atoms with van der Waals surface area (Å²) in [4.78, 5) is 13.7. The average Bonchev–Trinajstić information content (AvgIpc) is 2.34. The van der Waals surface area contributed by atoms with Crippen molar-refractivity contribution in [1.82, 2.24) is 10.2 Å². The number of carbonyl (C=O) groups excluding carboxylic acids is 1. The number of nitrogens with one attached hydrogen (secondary N) is 2. The molecule has 6 nitrogen and oxygen atoms in total. The van der Waals surface area contributed by atoms with Crippen molar-refractivity contribution in [3.8, 4) is 0 Å². The summed E-state index contributed by atoms with van der Waals surface area (Å²) in [5.41, 5.74) is 5.42. The first-order chi connectivity index (χ1) is 8.81. The van der Waals surface area contributed by atoms with Gasteiger partial charge in [0.15, 0.2) is 0 Å². The third kappa shape index (κ3) is 5.63. The van der Waals surface area contributed by atoms with Gasteiger partial charge in [-0.15, -0.1) is 0 Å². The first-order valence-corrected chi connectivity index (χ1v) is 6.52. The highest BCUT2D eigenvalue weighted by atomic mass is 16.6. The van der Waals surface area contributed by atoms with Gasteiger partial charge in [-0.25, -0.2) is 4.79 Å². The van der Waals surface area contributed by atoms with E-state index in [0.29, 0.717) is 12.2 Å². The summed E-state index contributed by atoms with van der Waals surface area (Å²) < 4.78 is 5.36. The quantitative estimate of drug-likeness (QED) is 0.675. The molecule has 1 atom stereocenters. The van der Waals surface area contributed by atoms with E-state index in [4.69, 9.17) is 15.9 Å². The minimum absolute atomic E-state index is 0.153. The molecule has 1 rings (SSSR count). The summed E-state index contributed by atoms with van der Waals surface area (Å²) in [6.07, 6.45) is 4.32. The van der Waals surface area contributed by atoms with Gasteiger partial charge in [-0.2, -0.15) is 0 Å². The maximum absolute atomic E-state index is 12.0. The summed E-state index contributed by atoms with van der Waals surface area (Å²) in [6, 6.07) is 0.153. The Balaban J connectivity index is 2.50. The van der Waals surface area contributed by atoms with E-state index in [1.54, 1.807) is 11.1 Å². The molecule has 6 heteroatoms. The van der Waals surface area contributed by atoms with Gasteiger partial charge in [0.05, 0.1) is 5.70 Å². The summed E-state index contributed by atoms with van der Waals surface area (Å²) >= 11 is 0. The van der Waals surface area contributed by atoms with E-state index in [9.17, 15) is 4.79 Å². The van der Waals surface area contributed by atoms with Gasteiger partial charge >= 0.3 is 6.09 Å². The lowest BCUT2D eigenvalue weighted by Crippen LogP contribution is -2.48. The second-order valence-corrected chi connectivity index (χ2v) is 5.72. The van der Waals surface area contributed by atoms with Crippen LogP contribution < -0.4 is 11.1 Å². The molecule has 1 saturated heterocycles. The van der Waals surface area contributed by atoms with Crippen LogP contribution in [0.15, 0.2) is 11.9 Å². The second kappa shape index (κ2) is 6.45. The zero-order chi connectivity index (χ0) is 14.5. The molecular formula is C13H24N4O2. The number of rotatable bonds is 3. The summed E-state index contributed by atoms with van der Waals surface area (Å²) in [5, 5.41) is 10.1. The number of piperidine rings is 1. The van der Waals surface area contributed by atoms with Crippen molar-refractivity contribution < 1.29 is 9.53 Å². The first kappa shape index (κ1) is 15.3. The second-order valence-electron chi connectivity index (χ2n) is 5.72. The molecule has 1 fully saturated rings. The number of nitrogens with two attached hydrogens (primary N) is 1. The van der Waals surface area contributed by atoms with Crippen molar-refractivity contribution in [2.24, 2.45) is 5.73 Å². The van der Waals surface area contributed by atoms with E-state index < -0.39 is 5.60 Å². The molecule has 108 valence electrons.